The van der Waals surface area contributed by atoms with Crippen LogP contribution in [0.2, 0.25) is 0 Å². The SMILES string of the molecule is [2H]c1c(Oc2cccc(N3B(c4ccccc4)n4c5ccccc5c5cccc3c54)n2)cc(-n2[c](=[Pt])n(-c3c(-c4ccccc4)cc(C([2H])([2H])[2H])cc3-c3cccc(-c4ccccc4)c3)c3ccccc32)c([2H])c1[2H]. The predicted octanol–water partition coefficient (Wildman–Crippen LogP) is 14.5. The van der Waals surface area contributed by atoms with Crippen LogP contribution >= 0.6 is 0 Å². The van der Waals surface area contributed by atoms with Gasteiger partial charge >= 0.3 is 339 Å². The summed E-state index contributed by atoms with van der Waals surface area (Å²) in [7, 11) is 0. The molecular formula is C61H42BN5OPt. The molecule has 3 aromatic heterocycles. The zero-order valence-electron chi connectivity index (χ0n) is 42.8. The van der Waals surface area contributed by atoms with Gasteiger partial charge in [0, 0.05) is 16.3 Å². The second kappa shape index (κ2) is 16.8. The molecule has 0 radical (unpaired) electrons. The number of anilines is 2. The summed E-state index contributed by atoms with van der Waals surface area (Å²) in [6.45, 7) is -2.70. The number of benzene rings is 9. The molecule has 0 saturated carbocycles. The van der Waals surface area contributed by atoms with E-state index in [0.29, 0.717) is 32.0 Å². The van der Waals surface area contributed by atoms with Crippen molar-refractivity contribution in [2.45, 2.75) is 6.85 Å². The van der Waals surface area contributed by atoms with Crippen molar-refractivity contribution in [3.05, 3.63) is 246 Å². The van der Waals surface area contributed by atoms with Crippen LogP contribution in [0.3, 0.4) is 0 Å². The maximum absolute atomic E-state index is 9.52. The number of para-hydroxylation sites is 4. The van der Waals surface area contributed by atoms with Gasteiger partial charge < -0.3 is 0 Å². The molecule has 6 nitrogen and oxygen atoms in total. The van der Waals surface area contributed by atoms with Crippen LogP contribution in [-0.4, -0.2) is 25.6 Å². The monoisotopic (exact) mass is 1070 g/mol. The van der Waals surface area contributed by atoms with Crippen molar-refractivity contribution in [2.24, 2.45) is 0 Å². The molecule has 0 atom stereocenters. The van der Waals surface area contributed by atoms with E-state index >= 15 is 0 Å². The van der Waals surface area contributed by atoms with E-state index in [1.807, 2.05) is 120 Å². The van der Waals surface area contributed by atoms with Gasteiger partial charge in [-0.15, -0.1) is 0 Å². The summed E-state index contributed by atoms with van der Waals surface area (Å²) >= 11 is 2.26. The Bertz CT molecular complexity index is 4300. The van der Waals surface area contributed by atoms with Crippen LogP contribution < -0.4 is 15.0 Å². The van der Waals surface area contributed by atoms with Gasteiger partial charge in [0.1, 0.15) is 0 Å². The van der Waals surface area contributed by atoms with Crippen LogP contribution in [0.25, 0.3) is 77.6 Å². The zero-order valence-corrected chi connectivity index (χ0v) is 39.1. The summed E-state index contributed by atoms with van der Waals surface area (Å²) in [5.41, 5.74) is 12.1. The van der Waals surface area contributed by atoms with Crippen LogP contribution in [0.5, 0.6) is 11.6 Å². The molecule has 1 aliphatic heterocycles. The number of imidazole rings is 1. The molecular weight excluding hydrogens is 1020 g/mol. The Labute approximate surface area is 419 Å². The van der Waals surface area contributed by atoms with E-state index in [2.05, 4.69) is 112 Å². The fourth-order valence-electron chi connectivity index (χ4n) is 10.1. The minimum atomic E-state index is -2.43. The second-order valence-corrected chi connectivity index (χ2v) is 18.1. The van der Waals surface area contributed by atoms with E-state index in [1.54, 1.807) is 24.3 Å². The van der Waals surface area contributed by atoms with Crippen molar-refractivity contribution in [3.63, 3.8) is 0 Å². The molecule has 0 saturated heterocycles. The van der Waals surface area contributed by atoms with Crippen molar-refractivity contribution >= 4 is 56.8 Å². The van der Waals surface area contributed by atoms with Crippen LogP contribution in [0.4, 0.5) is 11.5 Å². The molecule has 0 amide bonds. The number of ether oxygens (including phenoxy) is 1. The molecule has 4 heterocycles. The van der Waals surface area contributed by atoms with Gasteiger partial charge in [-0.05, 0) is 6.07 Å². The topological polar surface area (TPSA) is 40.1 Å². The number of hydrogen-bond donors (Lipinski definition) is 0. The van der Waals surface area contributed by atoms with Crippen LogP contribution in [0.1, 0.15) is 13.8 Å². The average molecular weight is 1070 g/mol. The summed E-state index contributed by atoms with van der Waals surface area (Å²) in [6, 6.07) is 71.1. The number of pyridine rings is 1. The van der Waals surface area contributed by atoms with Crippen molar-refractivity contribution in [3.8, 4) is 56.4 Å². The van der Waals surface area contributed by atoms with Gasteiger partial charge in [0.2, 0.25) is 0 Å². The Morgan fingerprint density at radius 2 is 1.17 bits per heavy atom. The van der Waals surface area contributed by atoms with Crippen LogP contribution in [0.15, 0.2) is 237 Å². The molecule has 0 N–H and O–H groups in total. The van der Waals surface area contributed by atoms with E-state index in [0.717, 1.165) is 61.0 Å². The van der Waals surface area contributed by atoms with Gasteiger partial charge in [0.15, 0.2) is 0 Å². The van der Waals surface area contributed by atoms with E-state index < -0.39 is 6.85 Å². The Kier molecular flexibility index (Phi) is 8.52. The average Bonchev–Trinajstić information content (AvgIpc) is 4.24. The molecule has 8 heteroatoms. The molecule has 1 aliphatic rings. The molecule has 12 aromatic rings. The Morgan fingerprint density at radius 1 is 0.551 bits per heavy atom. The molecule has 0 fully saturated rings. The van der Waals surface area contributed by atoms with Crippen molar-refractivity contribution in [2.75, 3.05) is 4.81 Å². The van der Waals surface area contributed by atoms with Crippen molar-refractivity contribution < 1.29 is 32.3 Å². The minimum absolute atomic E-state index is 0.0573. The van der Waals surface area contributed by atoms with Gasteiger partial charge in [0.25, 0.3) is 0 Å². The fourth-order valence-corrected chi connectivity index (χ4v) is 11.2. The number of rotatable bonds is 9. The number of aromatic nitrogens is 4. The first-order chi connectivity index (χ1) is 36.5. The van der Waals surface area contributed by atoms with Gasteiger partial charge in [-0.2, -0.15) is 0 Å². The van der Waals surface area contributed by atoms with E-state index in [1.165, 1.54) is 5.39 Å². The van der Waals surface area contributed by atoms with Crippen LogP contribution in [0, 0.1) is 10.7 Å². The summed E-state index contributed by atoms with van der Waals surface area (Å²) in [6.07, 6.45) is 0. The maximum atomic E-state index is 9.52. The Balaban J connectivity index is 0.976. The molecule has 0 bridgehead atoms. The Morgan fingerprint density at radius 3 is 1.96 bits per heavy atom. The Hall–Kier alpha value is -8.25. The van der Waals surface area contributed by atoms with Crippen molar-refractivity contribution in [1.82, 2.24) is 18.6 Å². The van der Waals surface area contributed by atoms with Gasteiger partial charge in [-0.3, -0.25) is 0 Å². The molecule has 330 valence electrons. The number of fused-ring (bicyclic) bond motifs is 4. The van der Waals surface area contributed by atoms with Crippen LogP contribution in [-0.2, 0) is 19.4 Å². The third-order valence-corrected chi connectivity index (χ3v) is 14.0. The normalized spacial score (nSPS) is 13.6. The van der Waals surface area contributed by atoms with Gasteiger partial charge in [-0.25, -0.2) is 0 Å². The van der Waals surface area contributed by atoms with Gasteiger partial charge in [0.05, 0.1) is 0 Å². The summed E-state index contributed by atoms with van der Waals surface area (Å²) < 4.78 is 67.8. The summed E-state index contributed by atoms with van der Waals surface area (Å²) in [4.78, 5) is 7.36. The molecule has 13 rings (SSSR count). The molecule has 69 heavy (non-hydrogen) atoms. The first kappa shape index (κ1) is 35.0. The first-order valence-corrected chi connectivity index (χ1v) is 23.9. The summed E-state index contributed by atoms with van der Waals surface area (Å²) in [5, 5.41) is 2.32. The zero-order chi connectivity index (χ0) is 51.1. The number of hydrogen-bond acceptors (Lipinski definition) is 3. The fraction of sp³-hybridized carbons (Fsp3) is 0.0164. The molecule has 0 aliphatic carbocycles. The van der Waals surface area contributed by atoms with E-state index in [9.17, 15) is 4.11 Å². The number of nitrogens with zero attached hydrogens (tertiary/aromatic N) is 5. The van der Waals surface area contributed by atoms with E-state index in [-0.39, 0.29) is 42.3 Å². The standard InChI is InChI=1S/C61H42BN5O.Pt/c1-42-37-52(44-21-7-3-8-22-44)60(53(38-42)46-24-15-23-45(39-46)43-19-5-2-6-20-43)65-41-64(55-32-13-14-33-56(55)65)48-27-16-28-49(40-48)68-59-36-18-35-58(63-59)66-57-34-17-30-51-50-29-11-12-31-54(50)67(61(51)57)62(66)47-25-9-4-10-26-47;/h2-40H,1H3;/i1D3,16D,27D,28D;. The second-order valence-electron chi connectivity index (χ2n) is 17.1. The summed E-state index contributed by atoms with van der Waals surface area (Å²) in [5.74, 6) is 0.908. The molecule has 9 aromatic carbocycles. The third-order valence-electron chi connectivity index (χ3n) is 13.0. The van der Waals surface area contributed by atoms with E-state index in [4.69, 9.17) is 13.8 Å². The first-order valence-electron chi connectivity index (χ1n) is 25.7. The quantitative estimate of drug-likeness (QED) is 0.135. The molecule has 0 spiro atoms. The predicted molar refractivity (Wildman–Crippen MR) is 280 cm³/mol. The van der Waals surface area contributed by atoms with Crippen molar-refractivity contribution in [1.29, 1.82) is 0 Å². The molecule has 0 unspecified atom stereocenters. The van der Waals surface area contributed by atoms with Gasteiger partial charge in [-0.1, -0.05) is 60.7 Å². The third kappa shape index (κ3) is 6.92. The number of aryl methyl sites for hydroxylation is 1.